The molecule has 1 atom stereocenters. The normalized spacial score (nSPS) is 13.9. The first-order chi connectivity index (χ1) is 13.6. The Morgan fingerprint density at radius 2 is 1.55 bits per heavy atom. The van der Waals surface area contributed by atoms with Gasteiger partial charge in [-0.3, -0.25) is 4.79 Å². The average molecular weight is 413 g/mol. The number of carbonyl (C=O) groups excluding carboxylic acids is 1. The first kappa shape index (κ1) is 20.8. The van der Waals surface area contributed by atoms with Gasteiger partial charge in [-0.15, -0.1) is 0 Å². The Bertz CT molecular complexity index is 1140. The van der Waals surface area contributed by atoms with E-state index < -0.39 is 21.5 Å². The molecule has 0 bridgehead atoms. The fraction of sp³-hybridized carbons (Fsp3) is 0.227. The maximum absolute atomic E-state index is 13.3. The zero-order valence-electron chi connectivity index (χ0n) is 16.5. The van der Waals surface area contributed by atoms with E-state index in [2.05, 4.69) is 4.72 Å². The first-order valence-corrected chi connectivity index (χ1v) is 10.7. The molecule has 0 aliphatic carbocycles. The van der Waals surface area contributed by atoms with Crippen LogP contribution in [0, 0.1) is 0 Å². The molecule has 3 N–H and O–H groups in total. The molecule has 0 saturated carbocycles. The number of carbonyl (C=O) groups is 1. The molecule has 0 saturated heterocycles. The molecule has 0 aromatic heterocycles. The number of nitrogens with two attached hydrogens (primary N) is 1. The Hall–Kier alpha value is -2.90. The third-order valence-electron chi connectivity index (χ3n) is 4.68. The molecule has 6 nitrogen and oxygen atoms in total. The van der Waals surface area contributed by atoms with Gasteiger partial charge in [0, 0.05) is 10.8 Å². The Balaban J connectivity index is 2.12. The van der Waals surface area contributed by atoms with Crippen LogP contribution in [0.15, 0.2) is 71.6 Å². The van der Waals surface area contributed by atoms with Gasteiger partial charge in [0.2, 0.25) is 15.9 Å². The predicted octanol–water partition coefficient (Wildman–Crippen LogP) is 3.31. The zero-order chi connectivity index (χ0) is 21.2. The molecule has 0 aliphatic rings. The van der Waals surface area contributed by atoms with Crippen molar-refractivity contribution < 1.29 is 17.9 Å². The van der Waals surface area contributed by atoms with Crippen molar-refractivity contribution in [3.63, 3.8) is 0 Å². The summed E-state index contributed by atoms with van der Waals surface area (Å²) in [7, 11) is -4.09. The number of fused-ring (bicyclic) bond motifs is 1. The summed E-state index contributed by atoms with van der Waals surface area (Å²) in [5.41, 5.74) is 4.45. The van der Waals surface area contributed by atoms with Crippen molar-refractivity contribution in [3.05, 3.63) is 72.3 Å². The van der Waals surface area contributed by atoms with E-state index in [4.69, 9.17) is 10.5 Å². The Kier molecular flexibility index (Phi) is 5.64. The van der Waals surface area contributed by atoms with Crippen LogP contribution < -0.4 is 15.2 Å². The van der Waals surface area contributed by atoms with Crippen LogP contribution in [0.25, 0.3) is 10.8 Å². The standard InChI is InChI=1S/C22H24N2O4S/c1-15(2)28-19-13-14-20(18-12-8-7-11-17(18)19)29(26,27)24-22(3,21(23)25)16-9-5-4-6-10-16/h4-15,24H,1-3H3,(H2,23,25). The van der Waals surface area contributed by atoms with Gasteiger partial charge in [0.1, 0.15) is 11.3 Å². The van der Waals surface area contributed by atoms with E-state index in [9.17, 15) is 13.2 Å². The molecule has 7 heteroatoms. The van der Waals surface area contributed by atoms with Crippen molar-refractivity contribution in [2.45, 2.75) is 37.3 Å². The van der Waals surface area contributed by atoms with Gasteiger partial charge in [0.15, 0.2) is 0 Å². The van der Waals surface area contributed by atoms with Crippen molar-refractivity contribution >= 4 is 26.7 Å². The molecule has 29 heavy (non-hydrogen) atoms. The minimum absolute atomic E-state index is 0.0487. The van der Waals surface area contributed by atoms with Crippen molar-refractivity contribution in [3.8, 4) is 5.75 Å². The van der Waals surface area contributed by atoms with Gasteiger partial charge in [0.05, 0.1) is 11.0 Å². The number of hydrogen-bond donors (Lipinski definition) is 2. The smallest absolute Gasteiger partial charge is 0.243 e. The number of sulfonamides is 1. The van der Waals surface area contributed by atoms with E-state index >= 15 is 0 Å². The first-order valence-electron chi connectivity index (χ1n) is 9.23. The van der Waals surface area contributed by atoms with Crippen LogP contribution in [0.3, 0.4) is 0 Å². The summed E-state index contributed by atoms with van der Waals surface area (Å²) >= 11 is 0. The number of benzene rings is 3. The van der Waals surface area contributed by atoms with Crippen LogP contribution in [0.2, 0.25) is 0 Å². The molecule has 0 fully saturated rings. The van der Waals surface area contributed by atoms with E-state index in [0.717, 1.165) is 0 Å². The molecule has 1 amide bonds. The van der Waals surface area contributed by atoms with Gasteiger partial charge in [-0.25, -0.2) is 8.42 Å². The molecule has 3 rings (SSSR count). The number of amides is 1. The van der Waals surface area contributed by atoms with Crippen molar-refractivity contribution in [2.75, 3.05) is 0 Å². The number of primary amides is 1. The Morgan fingerprint density at radius 1 is 0.966 bits per heavy atom. The van der Waals surface area contributed by atoms with E-state index in [1.54, 1.807) is 54.6 Å². The van der Waals surface area contributed by atoms with Gasteiger partial charge in [-0.2, -0.15) is 4.72 Å². The van der Waals surface area contributed by atoms with Crippen molar-refractivity contribution in [1.82, 2.24) is 4.72 Å². The van der Waals surface area contributed by atoms with E-state index in [1.165, 1.54) is 13.0 Å². The monoisotopic (exact) mass is 412 g/mol. The lowest BCUT2D eigenvalue weighted by Crippen LogP contribution is -2.52. The van der Waals surface area contributed by atoms with Crippen molar-refractivity contribution in [2.24, 2.45) is 5.73 Å². The molecule has 3 aromatic carbocycles. The number of hydrogen-bond acceptors (Lipinski definition) is 4. The Labute approximate surface area is 170 Å². The minimum Gasteiger partial charge on any atom is -0.490 e. The fourth-order valence-corrected chi connectivity index (χ4v) is 4.76. The molecule has 0 aliphatic heterocycles. The molecule has 0 heterocycles. The summed E-state index contributed by atoms with van der Waals surface area (Å²) in [5, 5.41) is 1.17. The Morgan fingerprint density at radius 3 is 2.14 bits per heavy atom. The summed E-state index contributed by atoms with van der Waals surface area (Å²) in [6.07, 6.45) is -0.0600. The summed E-state index contributed by atoms with van der Waals surface area (Å²) in [4.78, 5) is 12.3. The van der Waals surface area contributed by atoms with Crippen LogP contribution in [-0.4, -0.2) is 20.4 Å². The fourth-order valence-electron chi connectivity index (χ4n) is 3.18. The molecule has 3 aromatic rings. The van der Waals surface area contributed by atoms with Gasteiger partial charge in [-0.05, 0) is 38.5 Å². The van der Waals surface area contributed by atoms with Gasteiger partial charge >= 0.3 is 0 Å². The van der Waals surface area contributed by atoms with Crippen molar-refractivity contribution in [1.29, 1.82) is 0 Å². The lowest BCUT2D eigenvalue weighted by atomic mass is 9.93. The second kappa shape index (κ2) is 7.85. The maximum Gasteiger partial charge on any atom is 0.243 e. The van der Waals surface area contributed by atoms with Crippen LogP contribution in [-0.2, 0) is 20.4 Å². The molecular weight excluding hydrogens is 388 g/mol. The third kappa shape index (κ3) is 4.11. The predicted molar refractivity (Wildman–Crippen MR) is 113 cm³/mol. The number of ether oxygens (including phenoxy) is 1. The highest BCUT2D eigenvalue weighted by molar-refractivity contribution is 7.89. The number of nitrogens with one attached hydrogen (secondary N) is 1. The quantitative estimate of drug-likeness (QED) is 0.622. The average Bonchev–Trinajstić information content (AvgIpc) is 2.68. The number of rotatable bonds is 7. The van der Waals surface area contributed by atoms with Crippen LogP contribution >= 0.6 is 0 Å². The van der Waals surface area contributed by atoms with Crippen LogP contribution in [0.5, 0.6) is 5.75 Å². The molecule has 152 valence electrons. The summed E-state index contributed by atoms with van der Waals surface area (Å²) in [6.45, 7) is 5.26. The van der Waals surface area contributed by atoms with Gasteiger partial charge in [0.25, 0.3) is 0 Å². The van der Waals surface area contributed by atoms with Gasteiger partial charge < -0.3 is 10.5 Å². The molecule has 0 spiro atoms. The zero-order valence-corrected chi connectivity index (χ0v) is 17.4. The lowest BCUT2D eigenvalue weighted by molar-refractivity contribution is -0.123. The SMILES string of the molecule is CC(C)Oc1ccc(S(=O)(=O)NC(C)(C(N)=O)c2ccccc2)c2ccccc12. The van der Waals surface area contributed by atoms with Crippen LogP contribution in [0.4, 0.5) is 0 Å². The highest BCUT2D eigenvalue weighted by atomic mass is 32.2. The molecular formula is C22H24N2O4S. The van der Waals surface area contributed by atoms with E-state index in [0.29, 0.717) is 22.1 Å². The van der Waals surface area contributed by atoms with E-state index in [-0.39, 0.29) is 11.0 Å². The largest absolute Gasteiger partial charge is 0.490 e. The maximum atomic E-state index is 13.3. The molecule has 1 unspecified atom stereocenters. The minimum atomic E-state index is -4.09. The summed E-state index contributed by atoms with van der Waals surface area (Å²) in [5.74, 6) is -0.202. The molecule has 0 radical (unpaired) electrons. The second-order valence-electron chi connectivity index (χ2n) is 7.23. The summed E-state index contributed by atoms with van der Waals surface area (Å²) < 4.78 is 35.0. The summed E-state index contributed by atoms with van der Waals surface area (Å²) in [6, 6.07) is 18.7. The lowest BCUT2D eigenvalue weighted by Gasteiger charge is -2.28. The van der Waals surface area contributed by atoms with E-state index in [1.807, 2.05) is 19.9 Å². The highest BCUT2D eigenvalue weighted by Gasteiger charge is 2.38. The van der Waals surface area contributed by atoms with Gasteiger partial charge in [-0.1, -0.05) is 54.6 Å². The topological polar surface area (TPSA) is 98.5 Å². The third-order valence-corrected chi connectivity index (χ3v) is 6.29. The second-order valence-corrected chi connectivity index (χ2v) is 8.89. The highest BCUT2D eigenvalue weighted by Crippen LogP contribution is 2.33. The van der Waals surface area contributed by atoms with Crippen LogP contribution in [0.1, 0.15) is 26.3 Å².